The predicted octanol–water partition coefficient (Wildman–Crippen LogP) is 4.44. The SMILES string of the molecule is Cc1ccc(-c2nc(C(C)(C)O)ncc2F)cc1-n1c(C)nc(OCc2cccc(F)n2)c(Cl)c1=O. The Bertz CT molecular complexity index is 1520. The Morgan fingerprint density at radius 2 is 1.86 bits per heavy atom. The standard InChI is InChI=1S/C25H22ClF2N5O3/c1-13-8-9-15(21-17(27)11-29-24(32-21)25(3,4)35)10-18(13)33-14(2)30-22(20(26)23(33)34)36-12-16-6-5-7-19(28)31-16/h5-11,35H,12H2,1-4H3. The van der Waals surface area contributed by atoms with Crippen LogP contribution < -0.4 is 10.3 Å². The molecule has 0 saturated heterocycles. The molecule has 0 radical (unpaired) electrons. The highest BCUT2D eigenvalue weighted by molar-refractivity contribution is 6.31. The highest BCUT2D eigenvalue weighted by Crippen LogP contribution is 2.28. The Morgan fingerprint density at radius 1 is 1.11 bits per heavy atom. The van der Waals surface area contributed by atoms with Crippen molar-refractivity contribution in [2.45, 2.75) is 39.9 Å². The first-order valence-corrected chi connectivity index (χ1v) is 11.2. The molecule has 0 amide bonds. The van der Waals surface area contributed by atoms with Crippen molar-refractivity contribution in [2.75, 3.05) is 0 Å². The van der Waals surface area contributed by atoms with Crippen molar-refractivity contribution in [2.24, 2.45) is 0 Å². The topological polar surface area (TPSA) is 103 Å². The summed E-state index contributed by atoms with van der Waals surface area (Å²) in [4.78, 5) is 29.3. The first-order chi connectivity index (χ1) is 17.0. The van der Waals surface area contributed by atoms with Crippen LogP contribution in [0, 0.1) is 25.6 Å². The summed E-state index contributed by atoms with van der Waals surface area (Å²) in [5.74, 6) is -1.16. The number of hydrogen-bond donors (Lipinski definition) is 1. The van der Waals surface area contributed by atoms with Crippen LogP contribution in [0.25, 0.3) is 16.9 Å². The van der Waals surface area contributed by atoms with Crippen molar-refractivity contribution < 1.29 is 18.6 Å². The largest absolute Gasteiger partial charge is 0.470 e. The molecule has 4 rings (SSSR count). The van der Waals surface area contributed by atoms with Crippen molar-refractivity contribution in [1.82, 2.24) is 24.5 Å². The number of aryl methyl sites for hydroxylation is 2. The zero-order valence-corrected chi connectivity index (χ0v) is 20.6. The molecule has 0 aliphatic carbocycles. The maximum absolute atomic E-state index is 14.6. The lowest BCUT2D eigenvalue weighted by Gasteiger charge is -2.18. The summed E-state index contributed by atoms with van der Waals surface area (Å²) >= 11 is 6.30. The molecule has 0 spiro atoms. The highest BCUT2D eigenvalue weighted by atomic mass is 35.5. The number of benzene rings is 1. The summed E-state index contributed by atoms with van der Waals surface area (Å²) < 4.78 is 34.8. The van der Waals surface area contributed by atoms with Crippen LogP contribution in [0.5, 0.6) is 5.88 Å². The van der Waals surface area contributed by atoms with Crippen molar-refractivity contribution in [3.05, 3.63) is 92.6 Å². The second-order valence-electron chi connectivity index (χ2n) is 8.61. The molecule has 3 aromatic heterocycles. The highest BCUT2D eigenvalue weighted by Gasteiger charge is 2.23. The van der Waals surface area contributed by atoms with Crippen LogP contribution in [-0.2, 0) is 12.2 Å². The Morgan fingerprint density at radius 3 is 2.56 bits per heavy atom. The quantitative estimate of drug-likeness (QED) is 0.380. The molecular weight excluding hydrogens is 492 g/mol. The molecule has 1 N–H and O–H groups in total. The zero-order chi connectivity index (χ0) is 26.2. The lowest BCUT2D eigenvalue weighted by molar-refractivity contribution is 0.0686. The van der Waals surface area contributed by atoms with Crippen LogP contribution in [0.2, 0.25) is 5.02 Å². The normalized spacial score (nSPS) is 11.6. The van der Waals surface area contributed by atoms with Crippen LogP contribution in [-0.4, -0.2) is 29.6 Å². The molecule has 0 aliphatic heterocycles. The van der Waals surface area contributed by atoms with Gasteiger partial charge in [0.1, 0.15) is 23.7 Å². The first-order valence-electron chi connectivity index (χ1n) is 10.9. The fourth-order valence-electron chi connectivity index (χ4n) is 3.50. The maximum atomic E-state index is 14.6. The van der Waals surface area contributed by atoms with Crippen LogP contribution in [0.4, 0.5) is 8.78 Å². The number of ether oxygens (including phenoxy) is 1. The van der Waals surface area contributed by atoms with Gasteiger partial charge < -0.3 is 9.84 Å². The van der Waals surface area contributed by atoms with Crippen LogP contribution in [0.3, 0.4) is 0 Å². The molecule has 3 heterocycles. The third kappa shape index (κ3) is 5.09. The van der Waals surface area contributed by atoms with Gasteiger partial charge in [0.15, 0.2) is 16.7 Å². The second kappa shape index (κ2) is 9.71. The van der Waals surface area contributed by atoms with Crippen LogP contribution in [0.15, 0.2) is 47.4 Å². The number of halogens is 3. The fourth-order valence-corrected chi connectivity index (χ4v) is 3.68. The average molecular weight is 514 g/mol. The molecule has 8 nitrogen and oxygen atoms in total. The zero-order valence-electron chi connectivity index (χ0n) is 19.9. The van der Waals surface area contributed by atoms with Gasteiger partial charge >= 0.3 is 0 Å². The van der Waals surface area contributed by atoms with Gasteiger partial charge in [-0.3, -0.25) is 9.36 Å². The molecule has 1 aromatic carbocycles. The van der Waals surface area contributed by atoms with Crippen LogP contribution >= 0.6 is 11.6 Å². The van der Waals surface area contributed by atoms with E-state index in [9.17, 15) is 18.7 Å². The van der Waals surface area contributed by atoms with Gasteiger partial charge in [-0.25, -0.2) is 19.3 Å². The number of aromatic nitrogens is 5. The second-order valence-corrected chi connectivity index (χ2v) is 8.99. The van der Waals surface area contributed by atoms with E-state index in [1.54, 1.807) is 38.1 Å². The molecule has 0 fully saturated rings. The van der Waals surface area contributed by atoms with Gasteiger partial charge in [0, 0.05) is 5.56 Å². The maximum Gasteiger partial charge on any atom is 0.280 e. The van der Waals surface area contributed by atoms with Crippen molar-refractivity contribution in [1.29, 1.82) is 0 Å². The minimum absolute atomic E-state index is 0.0318. The van der Waals surface area contributed by atoms with Gasteiger partial charge in [-0.2, -0.15) is 9.37 Å². The van der Waals surface area contributed by atoms with E-state index in [-0.39, 0.29) is 34.9 Å². The van der Waals surface area contributed by atoms with Crippen LogP contribution in [0.1, 0.15) is 36.8 Å². The lowest BCUT2D eigenvalue weighted by atomic mass is 10.1. The van der Waals surface area contributed by atoms with Gasteiger partial charge in [0.25, 0.3) is 5.56 Å². The Balaban J connectivity index is 1.75. The molecular formula is C25H22ClF2N5O3. The molecule has 4 aromatic rings. The molecule has 0 aliphatic rings. The van der Waals surface area contributed by atoms with E-state index in [0.29, 0.717) is 22.5 Å². The molecule has 36 heavy (non-hydrogen) atoms. The predicted molar refractivity (Wildman–Crippen MR) is 129 cm³/mol. The van der Waals surface area contributed by atoms with Gasteiger partial charge in [0.2, 0.25) is 11.8 Å². The molecule has 0 atom stereocenters. The summed E-state index contributed by atoms with van der Waals surface area (Å²) in [6.45, 7) is 6.22. The minimum atomic E-state index is -1.38. The Labute approximate surface area is 210 Å². The number of rotatable bonds is 6. The van der Waals surface area contributed by atoms with E-state index in [2.05, 4.69) is 19.9 Å². The number of hydrogen-bond acceptors (Lipinski definition) is 7. The monoisotopic (exact) mass is 513 g/mol. The Hall–Kier alpha value is -3.76. The average Bonchev–Trinajstić information content (AvgIpc) is 2.81. The molecule has 0 saturated carbocycles. The third-order valence-electron chi connectivity index (χ3n) is 5.31. The molecule has 0 unspecified atom stereocenters. The van der Waals surface area contributed by atoms with E-state index < -0.39 is 22.9 Å². The summed E-state index contributed by atoms with van der Waals surface area (Å²) in [6, 6.07) is 9.19. The number of nitrogens with zero attached hydrogens (tertiary/aromatic N) is 5. The number of aliphatic hydroxyl groups is 1. The lowest BCUT2D eigenvalue weighted by Crippen LogP contribution is -2.24. The smallest absolute Gasteiger partial charge is 0.280 e. The van der Waals surface area contributed by atoms with Gasteiger partial charge in [-0.1, -0.05) is 29.8 Å². The molecule has 186 valence electrons. The minimum Gasteiger partial charge on any atom is -0.470 e. The van der Waals surface area contributed by atoms with E-state index in [4.69, 9.17) is 16.3 Å². The summed E-state index contributed by atoms with van der Waals surface area (Å²) in [5.41, 5.74) is -0.251. The summed E-state index contributed by atoms with van der Waals surface area (Å²) in [6.07, 6.45) is 0.991. The van der Waals surface area contributed by atoms with E-state index in [1.165, 1.54) is 30.5 Å². The van der Waals surface area contributed by atoms with E-state index in [0.717, 1.165) is 6.20 Å². The number of pyridine rings is 1. The van der Waals surface area contributed by atoms with Crippen molar-refractivity contribution >= 4 is 11.6 Å². The van der Waals surface area contributed by atoms with E-state index in [1.807, 2.05) is 0 Å². The molecule has 11 heteroatoms. The van der Waals surface area contributed by atoms with Crippen molar-refractivity contribution in [3.63, 3.8) is 0 Å². The summed E-state index contributed by atoms with van der Waals surface area (Å²) in [7, 11) is 0. The third-order valence-corrected chi connectivity index (χ3v) is 5.63. The van der Waals surface area contributed by atoms with Gasteiger partial charge in [-0.05, 0) is 51.5 Å². The van der Waals surface area contributed by atoms with Gasteiger partial charge in [-0.15, -0.1) is 0 Å². The Kier molecular flexibility index (Phi) is 6.83. The van der Waals surface area contributed by atoms with E-state index >= 15 is 0 Å². The molecule has 0 bridgehead atoms. The van der Waals surface area contributed by atoms with Gasteiger partial charge in [0.05, 0.1) is 17.6 Å². The van der Waals surface area contributed by atoms with Crippen molar-refractivity contribution in [3.8, 4) is 22.8 Å². The fraction of sp³-hybridized carbons (Fsp3) is 0.240. The summed E-state index contributed by atoms with van der Waals surface area (Å²) in [5, 5.41) is 9.96. The first kappa shape index (κ1) is 25.3.